The molecule has 1 heterocycles. The molecule has 1 aromatic heterocycles. The van der Waals surface area contributed by atoms with Crippen LogP contribution in [0, 0.1) is 0 Å². The van der Waals surface area contributed by atoms with Gasteiger partial charge in [0.1, 0.15) is 0 Å². The van der Waals surface area contributed by atoms with E-state index in [1.54, 1.807) is 6.07 Å². The molecule has 3 aromatic rings. The van der Waals surface area contributed by atoms with Crippen molar-refractivity contribution < 1.29 is 13.2 Å². The van der Waals surface area contributed by atoms with Gasteiger partial charge in [-0.3, -0.25) is 5.43 Å². The van der Waals surface area contributed by atoms with Crippen molar-refractivity contribution in [3.05, 3.63) is 70.6 Å². The molecule has 0 atom stereocenters. The maximum Gasteiger partial charge on any atom is 0.416 e. The van der Waals surface area contributed by atoms with Crippen LogP contribution in [0.15, 0.2) is 59.0 Å². The van der Waals surface area contributed by atoms with Crippen molar-refractivity contribution in [2.75, 3.05) is 5.43 Å². The van der Waals surface area contributed by atoms with Crippen LogP contribution in [0.3, 0.4) is 0 Å². The van der Waals surface area contributed by atoms with Crippen LogP contribution in [0.5, 0.6) is 0 Å². The number of hydrazone groups is 1. The molecule has 26 heavy (non-hydrogen) atoms. The zero-order chi connectivity index (χ0) is 18.6. The summed E-state index contributed by atoms with van der Waals surface area (Å²) < 4.78 is 39.2. The van der Waals surface area contributed by atoms with Crippen LogP contribution >= 0.6 is 27.3 Å². The molecule has 134 valence electrons. The van der Waals surface area contributed by atoms with Crippen molar-refractivity contribution >= 4 is 38.6 Å². The van der Waals surface area contributed by atoms with Gasteiger partial charge in [0, 0.05) is 16.3 Å². The van der Waals surface area contributed by atoms with Gasteiger partial charge in [0.2, 0.25) is 5.13 Å². The summed E-state index contributed by atoms with van der Waals surface area (Å²) >= 11 is 4.45. The highest BCUT2D eigenvalue weighted by Gasteiger charge is 2.33. The van der Waals surface area contributed by atoms with E-state index in [4.69, 9.17) is 0 Å². The zero-order valence-corrected chi connectivity index (χ0v) is 15.7. The summed E-state index contributed by atoms with van der Waals surface area (Å²) in [6, 6.07) is 13.8. The molecule has 0 aliphatic rings. The highest BCUT2D eigenvalue weighted by Crippen LogP contribution is 2.33. The summed E-state index contributed by atoms with van der Waals surface area (Å²) in [6.45, 7) is 0. The van der Waals surface area contributed by atoms with Crippen LogP contribution in [0.1, 0.15) is 16.7 Å². The van der Waals surface area contributed by atoms with Crippen LogP contribution in [-0.4, -0.2) is 11.2 Å². The van der Waals surface area contributed by atoms with Gasteiger partial charge in [-0.1, -0.05) is 58.4 Å². The number of hydrogen-bond donors (Lipinski definition) is 1. The molecule has 0 fully saturated rings. The number of rotatable bonds is 5. The Morgan fingerprint density at radius 2 is 1.92 bits per heavy atom. The summed E-state index contributed by atoms with van der Waals surface area (Å²) in [4.78, 5) is 4.40. The normalized spacial score (nSPS) is 11.8. The summed E-state index contributed by atoms with van der Waals surface area (Å²) in [5.74, 6) is 0. The Morgan fingerprint density at radius 3 is 2.62 bits per heavy atom. The van der Waals surface area contributed by atoms with Gasteiger partial charge in [-0.25, -0.2) is 4.98 Å². The van der Waals surface area contributed by atoms with E-state index in [9.17, 15) is 13.2 Å². The molecule has 0 bridgehead atoms. The van der Waals surface area contributed by atoms with E-state index >= 15 is 0 Å². The van der Waals surface area contributed by atoms with Crippen molar-refractivity contribution in [3.63, 3.8) is 0 Å². The van der Waals surface area contributed by atoms with E-state index in [1.165, 1.54) is 23.6 Å². The van der Waals surface area contributed by atoms with Gasteiger partial charge in [-0.05, 0) is 17.2 Å². The molecule has 2 aromatic carbocycles. The summed E-state index contributed by atoms with van der Waals surface area (Å²) in [5, 5.41) is 6.58. The van der Waals surface area contributed by atoms with Gasteiger partial charge >= 0.3 is 6.18 Å². The second-order valence-electron chi connectivity index (χ2n) is 5.32. The first-order chi connectivity index (χ1) is 12.5. The van der Waals surface area contributed by atoms with Gasteiger partial charge < -0.3 is 0 Å². The third kappa shape index (κ3) is 4.50. The minimum absolute atomic E-state index is 0.138. The molecule has 0 saturated carbocycles. The zero-order valence-electron chi connectivity index (χ0n) is 13.3. The Kier molecular flexibility index (Phi) is 5.73. The third-order valence-corrected chi connectivity index (χ3v) is 4.88. The fourth-order valence-electron chi connectivity index (χ4n) is 2.28. The monoisotopic (exact) mass is 439 g/mol. The minimum Gasteiger partial charge on any atom is -0.253 e. The predicted octanol–water partition coefficient (Wildman–Crippen LogP) is 6.17. The van der Waals surface area contributed by atoms with E-state index < -0.39 is 11.7 Å². The molecule has 3 nitrogen and oxygen atoms in total. The number of hydrogen-bond acceptors (Lipinski definition) is 4. The lowest BCUT2D eigenvalue weighted by atomic mass is 10.1. The highest BCUT2D eigenvalue weighted by molar-refractivity contribution is 9.08. The lowest BCUT2D eigenvalue weighted by Crippen LogP contribution is -2.09. The molecule has 0 radical (unpaired) electrons. The van der Waals surface area contributed by atoms with E-state index in [0.29, 0.717) is 10.7 Å². The van der Waals surface area contributed by atoms with Crippen molar-refractivity contribution in [1.29, 1.82) is 0 Å². The summed E-state index contributed by atoms with van der Waals surface area (Å²) in [7, 11) is 0. The molecule has 8 heteroatoms. The third-order valence-electron chi connectivity index (χ3n) is 3.53. The van der Waals surface area contributed by atoms with Crippen LogP contribution in [0.25, 0.3) is 11.3 Å². The average molecular weight is 440 g/mol. The van der Waals surface area contributed by atoms with E-state index in [0.717, 1.165) is 17.3 Å². The van der Waals surface area contributed by atoms with Crippen LogP contribution in [-0.2, 0) is 11.5 Å². The maximum absolute atomic E-state index is 13.1. The topological polar surface area (TPSA) is 37.3 Å². The van der Waals surface area contributed by atoms with E-state index in [2.05, 4.69) is 31.4 Å². The lowest BCUT2D eigenvalue weighted by Gasteiger charge is -2.11. The van der Waals surface area contributed by atoms with Crippen LogP contribution < -0.4 is 5.43 Å². The molecule has 1 N–H and O–H groups in total. The fraction of sp³-hybridized carbons (Fsp3) is 0.111. The Labute approximate surface area is 160 Å². The molecule has 0 spiro atoms. The van der Waals surface area contributed by atoms with Gasteiger partial charge in [-0.2, -0.15) is 18.3 Å². The number of thiazole rings is 1. The molecule has 0 saturated heterocycles. The number of aromatic nitrogens is 1. The first kappa shape index (κ1) is 18.6. The quantitative estimate of drug-likeness (QED) is 0.293. The van der Waals surface area contributed by atoms with Crippen molar-refractivity contribution in [2.45, 2.75) is 11.5 Å². The van der Waals surface area contributed by atoms with Crippen molar-refractivity contribution in [2.24, 2.45) is 5.10 Å². The Hall–Kier alpha value is -2.19. The van der Waals surface area contributed by atoms with Crippen LogP contribution in [0.2, 0.25) is 0 Å². The number of nitrogens with one attached hydrogen (secondary N) is 1. The highest BCUT2D eigenvalue weighted by atomic mass is 79.9. The first-order valence-corrected chi connectivity index (χ1v) is 9.53. The fourth-order valence-corrected chi connectivity index (χ4v) is 3.44. The summed E-state index contributed by atoms with van der Waals surface area (Å²) in [6.07, 6.45) is -3.06. The Balaban J connectivity index is 1.72. The number of anilines is 1. The van der Waals surface area contributed by atoms with E-state index in [1.807, 2.05) is 35.7 Å². The molecule has 3 rings (SSSR count). The molecule has 0 unspecified atom stereocenters. The molecule has 0 aliphatic carbocycles. The minimum atomic E-state index is -4.40. The molecule has 0 amide bonds. The predicted molar refractivity (Wildman–Crippen MR) is 103 cm³/mol. The van der Waals surface area contributed by atoms with Crippen LogP contribution in [0.4, 0.5) is 18.3 Å². The van der Waals surface area contributed by atoms with Crippen molar-refractivity contribution in [3.8, 4) is 11.3 Å². The molecule has 0 aliphatic heterocycles. The van der Waals surface area contributed by atoms with Gasteiger partial charge in [0.05, 0.1) is 17.5 Å². The number of halogens is 4. The lowest BCUT2D eigenvalue weighted by molar-refractivity contribution is -0.138. The van der Waals surface area contributed by atoms with Gasteiger partial charge in [0.25, 0.3) is 0 Å². The van der Waals surface area contributed by atoms with Gasteiger partial charge in [-0.15, -0.1) is 11.3 Å². The molecular formula is C18H13BrF3N3S. The number of nitrogens with zero attached hydrogens (tertiary/aromatic N) is 2. The SMILES string of the molecule is FC(F)(F)c1cc(C=NNc2nc(-c3ccccc3)cs2)ccc1CBr. The maximum atomic E-state index is 13.1. The standard InChI is InChI=1S/C18H13BrF3N3S/c19-9-14-7-6-12(8-15(14)18(20,21)22)10-23-25-17-24-16(11-26-17)13-4-2-1-3-5-13/h1-8,10-11H,9H2,(H,24,25). The average Bonchev–Trinajstić information content (AvgIpc) is 3.10. The second kappa shape index (κ2) is 8.01. The second-order valence-corrected chi connectivity index (χ2v) is 6.74. The van der Waals surface area contributed by atoms with Gasteiger partial charge in [0.15, 0.2) is 0 Å². The molecular weight excluding hydrogens is 427 g/mol. The first-order valence-electron chi connectivity index (χ1n) is 7.53. The number of alkyl halides is 4. The Morgan fingerprint density at radius 1 is 1.15 bits per heavy atom. The Bertz CT molecular complexity index is 908. The largest absolute Gasteiger partial charge is 0.416 e. The number of benzene rings is 2. The van der Waals surface area contributed by atoms with E-state index in [-0.39, 0.29) is 10.9 Å². The van der Waals surface area contributed by atoms with Crippen molar-refractivity contribution in [1.82, 2.24) is 4.98 Å². The summed E-state index contributed by atoms with van der Waals surface area (Å²) in [5.41, 5.74) is 4.44. The smallest absolute Gasteiger partial charge is 0.253 e.